The summed E-state index contributed by atoms with van der Waals surface area (Å²) in [7, 11) is 0. The van der Waals surface area contributed by atoms with Gasteiger partial charge >= 0.3 is 0 Å². The zero-order valence-corrected chi connectivity index (χ0v) is 8.98. The quantitative estimate of drug-likeness (QED) is 0.811. The molecule has 0 bridgehead atoms. The van der Waals surface area contributed by atoms with E-state index in [0.717, 1.165) is 18.6 Å². The van der Waals surface area contributed by atoms with E-state index in [-0.39, 0.29) is 0 Å². The van der Waals surface area contributed by atoms with Gasteiger partial charge in [0.2, 0.25) is 0 Å². The number of furan rings is 1. The molecule has 1 saturated carbocycles. The summed E-state index contributed by atoms with van der Waals surface area (Å²) in [5, 5.41) is 3.70. The zero-order chi connectivity index (χ0) is 10.1. The molecule has 1 N–H and O–H groups in total. The summed E-state index contributed by atoms with van der Waals surface area (Å²) in [5.41, 5.74) is 1.29. The van der Waals surface area contributed by atoms with Gasteiger partial charge in [-0.2, -0.15) is 0 Å². The Morgan fingerprint density at radius 1 is 1.33 bits per heavy atom. The molecule has 2 fully saturated rings. The molecule has 1 aliphatic carbocycles. The Morgan fingerprint density at radius 3 is 3.00 bits per heavy atom. The topological polar surface area (TPSA) is 28.4 Å². The predicted molar refractivity (Wildman–Crippen MR) is 58.5 cm³/mol. The monoisotopic (exact) mass is 206 g/mol. The van der Waals surface area contributed by atoms with Crippen LogP contribution in [-0.4, -0.2) is 30.1 Å². The first-order chi connectivity index (χ1) is 7.40. The fraction of sp³-hybridized carbons (Fsp3) is 0.667. The summed E-state index contributed by atoms with van der Waals surface area (Å²) in [6.45, 7) is 3.45. The maximum absolute atomic E-state index is 5.08. The molecule has 3 nitrogen and oxygen atoms in total. The number of hydrogen-bond acceptors (Lipinski definition) is 3. The van der Waals surface area contributed by atoms with Crippen molar-refractivity contribution in [2.45, 2.75) is 37.9 Å². The van der Waals surface area contributed by atoms with Crippen molar-refractivity contribution >= 4 is 0 Å². The summed E-state index contributed by atoms with van der Waals surface area (Å²) in [4.78, 5) is 2.50. The molecule has 2 aliphatic rings. The van der Waals surface area contributed by atoms with Gasteiger partial charge in [0.05, 0.1) is 12.5 Å². The van der Waals surface area contributed by atoms with Crippen LogP contribution in [-0.2, 0) is 6.54 Å². The van der Waals surface area contributed by atoms with Crippen molar-refractivity contribution in [1.29, 1.82) is 0 Å². The average Bonchev–Trinajstić information content (AvgIpc) is 2.74. The second-order valence-electron chi connectivity index (χ2n) is 4.79. The standard InChI is InChI=1S/C12H18N2O/c1-2-11(1)13-12-3-5-14(8-12)7-10-4-6-15-9-10/h4,6,9,11-13H,1-3,5,7-8H2. The Kier molecular flexibility index (Phi) is 2.51. The fourth-order valence-electron chi connectivity index (χ4n) is 2.34. The van der Waals surface area contributed by atoms with Crippen molar-refractivity contribution < 1.29 is 4.42 Å². The smallest absolute Gasteiger partial charge is 0.0947 e. The molecule has 1 saturated heterocycles. The minimum absolute atomic E-state index is 0.726. The molecule has 0 aromatic carbocycles. The van der Waals surface area contributed by atoms with Crippen LogP contribution in [0.1, 0.15) is 24.8 Å². The van der Waals surface area contributed by atoms with E-state index in [1.165, 1.54) is 37.9 Å². The molecule has 82 valence electrons. The maximum Gasteiger partial charge on any atom is 0.0947 e. The molecule has 1 aliphatic heterocycles. The summed E-state index contributed by atoms with van der Waals surface area (Å²) in [6, 6.07) is 3.62. The summed E-state index contributed by atoms with van der Waals surface area (Å²) >= 11 is 0. The molecule has 1 unspecified atom stereocenters. The van der Waals surface area contributed by atoms with Crippen molar-refractivity contribution in [2.75, 3.05) is 13.1 Å². The normalized spacial score (nSPS) is 27.3. The minimum Gasteiger partial charge on any atom is -0.472 e. The van der Waals surface area contributed by atoms with E-state index in [9.17, 15) is 0 Å². The molecule has 3 rings (SSSR count). The van der Waals surface area contributed by atoms with E-state index in [1.807, 2.05) is 6.26 Å². The van der Waals surface area contributed by atoms with Crippen LogP contribution >= 0.6 is 0 Å². The molecule has 1 aromatic rings. The number of hydrogen-bond donors (Lipinski definition) is 1. The van der Waals surface area contributed by atoms with Gasteiger partial charge in [-0.15, -0.1) is 0 Å². The Balaban J connectivity index is 1.48. The summed E-state index contributed by atoms with van der Waals surface area (Å²) in [6.07, 6.45) is 7.68. The van der Waals surface area contributed by atoms with E-state index in [4.69, 9.17) is 4.42 Å². The van der Waals surface area contributed by atoms with Crippen molar-refractivity contribution in [3.05, 3.63) is 24.2 Å². The van der Waals surface area contributed by atoms with E-state index in [0.29, 0.717) is 0 Å². The lowest BCUT2D eigenvalue weighted by Gasteiger charge is -2.15. The summed E-state index contributed by atoms with van der Waals surface area (Å²) in [5.74, 6) is 0. The number of nitrogens with one attached hydrogen (secondary N) is 1. The third-order valence-electron chi connectivity index (χ3n) is 3.31. The Morgan fingerprint density at radius 2 is 2.27 bits per heavy atom. The Labute approximate surface area is 90.4 Å². The predicted octanol–water partition coefficient (Wildman–Crippen LogP) is 1.61. The average molecular weight is 206 g/mol. The Bertz CT molecular complexity index is 305. The van der Waals surface area contributed by atoms with Crippen molar-refractivity contribution in [1.82, 2.24) is 10.2 Å². The second kappa shape index (κ2) is 3.99. The highest BCUT2D eigenvalue weighted by atomic mass is 16.3. The molecule has 0 amide bonds. The molecular weight excluding hydrogens is 188 g/mol. The second-order valence-corrected chi connectivity index (χ2v) is 4.79. The first-order valence-corrected chi connectivity index (χ1v) is 5.89. The number of nitrogens with zero attached hydrogens (tertiary/aromatic N) is 1. The van der Waals surface area contributed by atoms with Gasteiger partial charge < -0.3 is 9.73 Å². The van der Waals surface area contributed by atoms with Crippen LogP contribution in [0.4, 0.5) is 0 Å². The molecule has 0 radical (unpaired) electrons. The molecular formula is C12H18N2O. The van der Waals surface area contributed by atoms with E-state index in [2.05, 4.69) is 16.3 Å². The SMILES string of the molecule is c1cc(CN2CCC(NC3CC3)C2)co1. The van der Waals surface area contributed by atoms with Gasteiger partial charge in [-0.3, -0.25) is 4.90 Å². The van der Waals surface area contributed by atoms with Crippen molar-refractivity contribution in [2.24, 2.45) is 0 Å². The Hall–Kier alpha value is -0.800. The van der Waals surface area contributed by atoms with Crippen LogP contribution in [0.15, 0.2) is 23.0 Å². The highest BCUT2D eigenvalue weighted by Gasteiger charge is 2.28. The van der Waals surface area contributed by atoms with Gasteiger partial charge in [0, 0.05) is 37.3 Å². The third kappa shape index (κ3) is 2.41. The highest BCUT2D eigenvalue weighted by molar-refractivity contribution is 5.05. The molecule has 3 heteroatoms. The fourth-order valence-corrected chi connectivity index (χ4v) is 2.34. The lowest BCUT2D eigenvalue weighted by Crippen LogP contribution is -2.33. The number of rotatable bonds is 4. The molecule has 1 atom stereocenters. The van der Waals surface area contributed by atoms with E-state index >= 15 is 0 Å². The lowest BCUT2D eigenvalue weighted by molar-refractivity contribution is 0.318. The maximum atomic E-state index is 5.08. The third-order valence-corrected chi connectivity index (χ3v) is 3.31. The van der Waals surface area contributed by atoms with Crippen LogP contribution < -0.4 is 5.32 Å². The lowest BCUT2D eigenvalue weighted by atomic mass is 10.2. The molecule has 2 heterocycles. The van der Waals surface area contributed by atoms with Crippen LogP contribution in [0.2, 0.25) is 0 Å². The van der Waals surface area contributed by atoms with E-state index in [1.54, 1.807) is 6.26 Å². The van der Waals surface area contributed by atoms with Gasteiger partial charge in [-0.1, -0.05) is 0 Å². The summed E-state index contributed by atoms with van der Waals surface area (Å²) < 4.78 is 5.08. The van der Waals surface area contributed by atoms with E-state index < -0.39 is 0 Å². The van der Waals surface area contributed by atoms with Gasteiger partial charge in [-0.25, -0.2) is 0 Å². The molecule has 1 aromatic heterocycles. The first-order valence-electron chi connectivity index (χ1n) is 5.89. The highest BCUT2D eigenvalue weighted by Crippen LogP contribution is 2.22. The zero-order valence-electron chi connectivity index (χ0n) is 8.98. The largest absolute Gasteiger partial charge is 0.472 e. The van der Waals surface area contributed by atoms with Crippen LogP contribution in [0.3, 0.4) is 0 Å². The van der Waals surface area contributed by atoms with Gasteiger partial charge in [-0.05, 0) is 25.3 Å². The van der Waals surface area contributed by atoms with Gasteiger partial charge in [0.15, 0.2) is 0 Å². The van der Waals surface area contributed by atoms with Crippen molar-refractivity contribution in [3.8, 4) is 0 Å². The van der Waals surface area contributed by atoms with Crippen LogP contribution in [0.5, 0.6) is 0 Å². The first kappa shape index (κ1) is 9.43. The van der Waals surface area contributed by atoms with Crippen LogP contribution in [0.25, 0.3) is 0 Å². The minimum atomic E-state index is 0.726. The van der Waals surface area contributed by atoms with Gasteiger partial charge in [0.1, 0.15) is 0 Å². The number of likely N-dealkylation sites (tertiary alicyclic amines) is 1. The molecule has 15 heavy (non-hydrogen) atoms. The van der Waals surface area contributed by atoms with Gasteiger partial charge in [0.25, 0.3) is 0 Å². The van der Waals surface area contributed by atoms with Crippen molar-refractivity contribution in [3.63, 3.8) is 0 Å². The van der Waals surface area contributed by atoms with Crippen LogP contribution in [0, 0.1) is 0 Å². The molecule has 0 spiro atoms.